The Kier molecular flexibility index (Phi) is 9.52. The minimum absolute atomic E-state index is 0.0971. The van der Waals surface area contributed by atoms with Crippen LogP contribution >= 0.6 is 23.1 Å². The van der Waals surface area contributed by atoms with Crippen molar-refractivity contribution in [3.8, 4) is 22.8 Å². The van der Waals surface area contributed by atoms with Gasteiger partial charge in [-0.3, -0.25) is 19.7 Å². The molecule has 0 bridgehead atoms. The Morgan fingerprint density at radius 1 is 0.886 bits per heavy atom. The highest BCUT2D eigenvalue weighted by atomic mass is 32.2. The van der Waals surface area contributed by atoms with Crippen molar-refractivity contribution in [3.05, 3.63) is 124 Å². The molecule has 0 fully saturated rings. The molecule has 44 heavy (non-hydrogen) atoms. The maximum Gasteiger partial charge on any atom is 0.269 e. The third-order valence-corrected chi connectivity index (χ3v) is 8.45. The molecule has 0 spiro atoms. The van der Waals surface area contributed by atoms with Crippen LogP contribution < -0.4 is 20.1 Å². The van der Waals surface area contributed by atoms with E-state index < -0.39 is 16.1 Å². The topological polar surface area (TPSA) is 133 Å². The molecule has 4 aromatic carbocycles. The molecule has 5 rings (SSSR count). The van der Waals surface area contributed by atoms with Crippen molar-refractivity contribution in [1.29, 1.82) is 0 Å². The molecule has 0 saturated heterocycles. The molecular formula is C32H26N4O6S2. The number of nitro groups is 1. The van der Waals surface area contributed by atoms with Gasteiger partial charge in [0.2, 0.25) is 5.91 Å². The molecule has 1 aromatic heterocycles. The summed E-state index contributed by atoms with van der Waals surface area (Å²) in [4.78, 5) is 42.2. The number of rotatable bonds is 11. The number of ether oxygens (including phenoxy) is 2. The molecule has 10 nitrogen and oxygen atoms in total. The van der Waals surface area contributed by atoms with Crippen molar-refractivity contribution in [2.24, 2.45) is 0 Å². The van der Waals surface area contributed by atoms with Gasteiger partial charge < -0.3 is 20.1 Å². The van der Waals surface area contributed by atoms with Gasteiger partial charge >= 0.3 is 0 Å². The Morgan fingerprint density at radius 2 is 1.64 bits per heavy atom. The summed E-state index contributed by atoms with van der Waals surface area (Å²) in [5, 5.41) is 18.4. The molecule has 12 heteroatoms. The summed E-state index contributed by atoms with van der Waals surface area (Å²) in [5.41, 5.74) is 3.01. The summed E-state index contributed by atoms with van der Waals surface area (Å²) in [6.45, 7) is 0. The average Bonchev–Trinajstić information content (AvgIpc) is 3.52. The van der Waals surface area contributed by atoms with Gasteiger partial charge in [0.25, 0.3) is 11.6 Å². The van der Waals surface area contributed by atoms with Crippen molar-refractivity contribution in [1.82, 2.24) is 4.98 Å². The smallest absolute Gasteiger partial charge is 0.269 e. The van der Waals surface area contributed by atoms with Crippen molar-refractivity contribution < 1.29 is 24.0 Å². The van der Waals surface area contributed by atoms with Gasteiger partial charge in [0.05, 0.1) is 24.8 Å². The minimum Gasteiger partial charge on any atom is -0.493 e. The number of thioether (sulfide) groups is 1. The normalized spacial score (nSPS) is 11.3. The molecular weight excluding hydrogens is 601 g/mol. The van der Waals surface area contributed by atoms with Crippen LogP contribution in [0.3, 0.4) is 0 Å². The van der Waals surface area contributed by atoms with E-state index in [1.807, 2.05) is 53.9 Å². The fourth-order valence-corrected chi connectivity index (χ4v) is 6.06. The Hall–Kier alpha value is -5.20. The Balaban J connectivity index is 1.32. The first-order chi connectivity index (χ1) is 21.3. The van der Waals surface area contributed by atoms with Crippen molar-refractivity contribution >= 4 is 51.4 Å². The highest BCUT2D eigenvalue weighted by molar-refractivity contribution is 8.00. The van der Waals surface area contributed by atoms with E-state index in [0.29, 0.717) is 28.0 Å². The number of nitrogens with one attached hydrogen (secondary N) is 2. The van der Waals surface area contributed by atoms with Crippen LogP contribution in [0.2, 0.25) is 0 Å². The Morgan fingerprint density at radius 3 is 2.34 bits per heavy atom. The fourth-order valence-electron chi connectivity index (χ4n) is 4.25. The molecule has 5 aromatic rings. The number of non-ortho nitro benzene ring substituents is 1. The first-order valence-electron chi connectivity index (χ1n) is 13.2. The van der Waals surface area contributed by atoms with Gasteiger partial charge in [-0.05, 0) is 54.1 Å². The minimum atomic E-state index is -0.620. The van der Waals surface area contributed by atoms with Crippen molar-refractivity contribution in [3.63, 3.8) is 0 Å². The summed E-state index contributed by atoms with van der Waals surface area (Å²) in [7, 11) is 3.14. The quantitative estimate of drug-likeness (QED) is 0.0877. The van der Waals surface area contributed by atoms with Gasteiger partial charge in [-0.25, -0.2) is 4.98 Å². The number of benzene rings is 4. The largest absolute Gasteiger partial charge is 0.493 e. The van der Waals surface area contributed by atoms with Crippen LogP contribution in [0.15, 0.2) is 107 Å². The molecule has 2 N–H and O–H groups in total. The number of hydrogen-bond donors (Lipinski definition) is 2. The third kappa shape index (κ3) is 7.22. The number of nitrogens with zero attached hydrogens (tertiary/aromatic N) is 2. The van der Waals surface area contributed by atoms with E-state index in [9.17, 15) is 19.7 Å². The zero-order valence-electron chi connectivity index (χ0n) is 23.6. The predicted octanol–water partition coefficient (Wildman–Crippen LogP) is 7.46. The highest BCUT2D eigenvalue weighted by Crippen LogP contribution is 2.38. The second-order valence-corrected chi connectivity index (χ2v) is 11.3. The number of amides is 2. The molecule has 222 valence electrons. The maximum absolute atomic E-state index is 13.7. The number of thiazole rings is 1. The number of carbonyl (C=O) groups is 2. The van der Waals surface area contributed by atoms with Crippen molar-refractivity contribution in [2.45, 2.75) is 10.1 Å². The van der Waals surface area contributed by atoms with Gasteiger partial charge in [0, 0.05) is 39.2 Å². The molecule has 0 aliphatic carbocycles. The lowest BCUT2D eigenvalue weighted by molar-refractivity contribution is -0.384. The number of aromatic nitrogens is 1. The molecule has 0 aliphatic heterocycles. The lowest BCUT2D eigenvalue weighted by atomic mass is 10.1. The van der Waals surface area contributed by atoms with E-state index in [0.717, 1.165) is 16.0 Å². The van der Waals surface area contributed by atoms with E-state index in [1.54, 1.807) is 38.5 Å². The molecule has 1 heterocycles. The monoisotopic (exact) mass is 626 g/mol. The predicted molar refractivity (Wildman–Crippen MR) is 172 cm³/mol. The van der Waals surface area contributed by atoms with E-state index in [-0.39, 0.29) is 17.2 Å². The number of methoxy groups -OCH3 is 2. The second kappa shape index (κ2) is 13.8. The number of carbonyl (C=O) groups excluding carboxylic acids is 2. The summed E-state index contributed by atoms with van der Waals surface area (Å²) in [6.07, 6.45) is 0. The van der Waals surface area contributed by atoms with E-state index in [2.05, 4.69) is 15.6 Å². The molecule has 2 amide bonds. The number of hydrogen-bond acceptors (Lipinski definition) is 9. The molecule has 1 atom stereocenters. The van der Waals surface area contributed by atoms with Gasteiger partial charge in [-0.2, -0.15) is 0 Å². The third-order valence-electron chi connectivity index (χ3n) is 6.44. The summed E-state index contributed by atoms with van der Waals surface area (Å²) < 4.78 is 10.7. The zero-order valence-corrected chi connectivity index (χ0v) is 25.2. The lowest BCUT2D eigenvalue weighted by Crippen LogP contribution is -2.19. The maximum atomic E-state index is 13.7. The number of nitro benzene ring substituents is 1. The SMILES string of the molecule is COc1ccc(-c2csc(NC(=O)C(Sc3cccc(NC(=O)c4ccc([N+](=O)[O-])cc4)c3)c3ccccc3)n2)cc1OC. The van der Waals surface area contributed by atoms with Gasteiger partial charge in [0.15, 0.2) is 16.6 Å². The second-order valence-electron chi connectivity index (χ2n) is 9.29. The summed E-state index contributed by atoms with van der Waals surface area (Å²) >= 11 is 2.65. The summed E-state index contributed by atoms with van der Waals surface area (Å²) in [6, 6.07) is 27.4. The van der Waals surface area contributed by atoms with E-state index in [4.69, 9.17) is 9.47 Å². The highest BCUT2D eigenvalue weighted by Gasteiger charge is 2.24. The zero-order chi connectivity index (χ0) is 31.1. The van der Waals surface area contributed by atoms with Crippen LogP contribution in [0, 0.1) is 10.1 Å². The van der Waals surface area contributed by atoms with Crippen LogP contribution in [-0.4, -0.2) is 35.9 Å². The van der Waals surface area contributed by atoms with Gasteiger partial charge in [-0.15, -0.1) is 23.1 Å². The average molecular weight is 627 g/mol. The first kappa shape index (κ1) is 30.3. The molecule has 0 radical (unpaired) electrons. The lowest BCUT2D eigenvalue weighted by Gasteiger charge is -2.17. The fraction of sp³-hybridized carbons (Fsp3) is 0.0938. The standard InChI is InChI=1S/C32H26N4O6S2/c1-41-27-16-13-22(17-28(27)42-2)26-19-43-32(34-26)35-31(38)29(20-7-4-3-5-8-20)44-25-10-6-9-23(18-25)33-30(37)21-11-14-24(15-12-21)36(39)40/h3-19,29H,1-2H3,(H,33,37)(H,34,35,38). The Labute approximate surface area is 261 Å². The van der Waals surface area contributed by atoms with E-state index in [1.165, 1.54) is 47.4 Å². The van der Waals surface area contributed by atoms with Gasteiger partial charge in [0.1, 0.15) is 5.25 Å². The molecule has 0 aliphatic rings. The molecule has 0 saturated carbocycles. The van der Waals surface area contributed by atoms with Crippen LogP contribution in [0.5, 0.6) is 11.5 Å². The first-order valence-corrected chi connectivity index (χ1v) is 15.0. The number of anilines is 2. The molecule has 1 unspecified atom stereocenters. The van der Waals surface area contributed by atoms with E-state index >= 15 is 0 Å². The van der Waals surface area contributed by atoms with Crippen LogP contribution in [-0.2, 0) is 4.79 Å². The Bertz CT molecular complexity index is 1790. The van der Waals surface area contributed by atoms with Crippen LogP contribution in [0.25, 0.3) is 11.3 Å². The van der Waals surface area contributed by atoms with Crippen molar-refractivity contribution in [2.75, 3.05) is 24.9 Å². The van der Waals surface area contributed by atoms with Crippen LogP contribution in [0.4, 0.5) is 16.5 Å². The van der Waals surface area contributed by atoms with Gasteiger partial charge in [-0.1, -0.05) is 36.4 Å². The summed E-state index contributed by atoms with van der Waals surface area (Å²) in [5.74, 6) is 0.524. The van der Waals surface area contributed by atoms with Crippen LogP contribution in [0.1, 0.15) is 21.2 Å².